The molecule has 3 rings (SSSR count). The Kier molecular flexibility index (Phi) is 6.85. The fourth-order valence-electron chi connectivity index (χ4n) is 3.20. The standard InChI is InChI=1S/C17H25N3O3S.ClH/c18-10-14-4-2-6-16(14)20-17(21)13-3-1-5-15(9-13)24(22,23)19-11-12-7-8-12;/h1,3,5,9,12,14,16,19H,2,4,6-8,10-11,18H2,(H,20,21);1H. The number of benzene rings is 1. The van der Waals surface area contributed by atoms with Gasteiger partial charge in [0.25, 0.3) is 5.91 Å². The first-order valence-corrected chi connectivity index (χ1v) is 10.1. The van der Waals surface area contributed by atoms with Gasteiger partial charge in [-0.25, -0.2) is 13.1 Å². The van der Waals surface area contributed by atoms with E-state index in [9.17, 15) is 13.2 Å². The Bertz CT molecular complexity index is 707. The molecule has 0 aromatic heterocycles. The topological polar surface area (TPSA) is 101 Å². The summed E-state index contributed by atoms with van der Waals surface area (Å²) in [5.74, 6) is 0.530. The fourth-order valence-corrected chi connectivity index (χ4v) is 4.36. The zero-order valence-electron chi connectivity index (χ0n) is 14.1. The number of amides is 1. The highest BCUT2D eigenvalue weighted by atomic mass is 35.5. The second kappa shape index (κ2) is 8.49. The Labute approximate surface area is 155 Å². The van der Waals surface area contributed by atoms with Crippen LogP contribution in [-0.2, 0) is 10.0 Å². The van der Waals surface area contributed by atoms with E-state index < -0.39 is 10.0 Å². The third-order valence-electron chi connectivity index (χ3n) is 4.94. The van der Waals surface area contributed by atoms with Crippen LogP contribution in [-0.4, -0.2) is 33.5 Å². The summed E-state index contributed by atoms with van der Waals surface area (Å²) in [7, 11) is -3.56. The molecule has 0 radical (unpaired) electrons. The zero-order chi connectivity index (χ0) is 17.2. The minimum absolute atomic E-state index is 0. The van der Waals surface area contributed by atoms with Crippen LogP contribution >= 0.6 is 12.4 Å². The average Bonchev–Trinajstić information content (AvgIpc) is 3.31. The summed E-state index contributed by atoms with van der Waals surface area (Å²) in [5.41, 5.74) is 6.11. The number of hydrogen-bond acceptors (Lipinski definition) is 4. The van der Waals surface area contributed by atoms with Gasteiger partial charge in [0.1, 0.15) is 0 Å². The molecule has 2 aliphatic rings. The zero-order valence-corrected chi connectivity index (χ0v) is 15.7. The van der Waals surface area contributed by atoms with E-state index in [0.717, 1.165) is 32.1 Å². The quantitative estimate of drug-likeness (QED) is 0.662. The van der Waals surface area contributed by atoms with Gasteiger partial charge in [-0.2, -0.15) is 0 Å². The maximum atomic E-state index is 12.5. The molecule has 0 spiro atoms. The molecule has 0 heterocycles. The summed E-state index contributed by atoms with van der Waals surface area (Å²) in [4.78, 5) is 12.6. The molecule has 1 amide bonds. The van der Waals surface area contributed by atoms with Gasteiger partial charge in [-0.05, 0) is 62.3 Å². The van der Waals surface area contributed by atoms with Crippen LogP contribution in [0.15, 0.2) is 29.2 Å². The van der Waals surface area contributed by atoms with Crippen molar-refractivity contribution >= 4 is 28.3 Å². The van der Waals surface area contributed by atoms with E-state index in [1.807, 2.05) is 0 Å². The van der Waals surface area contributed by atoms with Gasteiger partial charge in [-0.15, -0.1) is 12.4 Å². The predicted molar refractivity (Wildman–Crippen MR) is 99.3 cm³/mol. The molecule has 2 fully saturated rings. The van der Waals surface area contributed by atoms with Gasteiger partial charge < -0.3 is 11.1 Å². The lowest BCUT2D eigenvalue weighted by Gasteiger charge is -2.19. The predicted octanol–water partition coefficient (Wildman–Crippen LogP) is 1.65. The molecule has 2 saturated carbocycles. The summed E-state index contributed by atoms with van der Waals surface area (Å²) in [6, 6.07) is 6.29. The van der Waals surface area contributed by atoms with Crippen molar-refractivity contribution in [3.8, 4) is 0 Å². The number of nitrogens with two attached hydrogens (primary N) is 1. The fraction of sp³-hybridized carbons (Fsp3) is 0.588. The highest BCUT2D eigenvalue weighted by Gasteiger charge is 2.28. The average molecular weight is 388 g/mol. The summed E-state index contributed by atoms with van der Waals surface area (Å²) in [6.45, 7) is 1.03. The number of sulfonamides is 1. The third-order valence-corrected chi connectivity index (χ3v) is 6.37. The van der Waals surface area contributed by atoms with Crippen molar-refractivity contribution in [3.05, 3.63) is 29.8 Å². The molecule has 8 heteroatoms. The first-order chi connectivity index (χ1) is 11.5. The van der Waals surface area contributed by atoms with Crippen LogP contribution in [0.4, 0.5) is 0 Å². The highest BCUT2D eigenvalue weighted by Crippen LogP contribution is 2.28. The molecule has 0 aliphatic heterocycles. The molecule has 1 aromatic carbocycles. The minimum atomic E-state index is -3.56. The molecule has 6 nitrogen and oxygen atoms in total. The normalized spacial score (nSPS) is 23.1. The van der Waals surface area contributed by atoms with E-state index in [4.69, 9.17) is 5.73 Å². The summed E-state index contributed by atoms with van der Waals surface area (Å²) in [6.07, 6.45) is 5.17. The van der Waals surface area contributed by atoms with Gasteiger partial charge in [0.05, 0.1) is 4.90 Å². The molecule has 2 aliphatic carbocycles. The first kappa shape index (κ1) is 20.2. The van der Waals surface area contributed by atoms with Gasteiger partial charge in [0, 0.05) is 18.2 Å². The number of rotatable bonds is 7. The molecule has 2 unspecified atom stereocenters. The molecule has 4 N–H and O–H groups in total. The van der Waals surface area contributed by atoms with Gasteiger partial charge >= 0.3 is 0 Å². The van der Waals surface area contributed by atoms with Gasteiger partial charge in [-0.1, -0.05) is 12.5 Å². The summed E-state index contributed by atoms with van der Waals surface area (Å²) >= 11 is 0. The number of hydrogen-bond donors (Lipinski definition) is 3. The van der Waals surface area contributed by atoms with Crippen LogP contribution < -0.4 is 15.8 Å². The minimum Gasteiger partial charge on any atom is -0.349 e. The van der Waals surface area contributed by atoms with Gasteiger partial charge in [-0.3, -0.25) is 4.79 Å². The SMILES string of the molecule is Cl.NCC1CCCC1NC(=O)c1cccc(S(=O)(=O)NCC2CC2)c1. The molecular formula is C17H26ClN3O3S. The van der Waals surface area contributed by atoms with Crippen LogP contribution in [0.5, 0.6) is 0 Å². The second-order valence-corrected chi connectivity index (χ2v) is 8.60. The van der Waals surface area contributed by atoms with E-state index in [2.05, 4.69) is 10.0 Å². The maximum absolute atomic E-state index is 12.5. The molecule has 25 heavy (non-hydrogen) atoms. The van der Waals surface area contributed by atoms with Crippen molar-refractivity contribution in [3.63, 3.8) is 0 Å². The third kappa shape index (κ3) is 5.17. The van der Waals surface area contributed by atoms with E-state index in [-0.39, 0.29) is 29.3 Å². The van der Waals surface area contributed by atoms with Crippen molar-refractivity contribution < 1.29 is 13.2 Å². The van der Waals surface area contributed by atoms with Crippen molar-refractivity contribution in [1.82, 2.24) is 10.0 Å². The van der Waals surface area contributed by atoms with Crippen molar-refractivity contribution in [2.24, 2.45) is 17.6 Å². The molecule has 140 valence electrons. The highest BCUT2D eigenvalue weighted by molar-refractivity contribution is 7.89. The van der Waals surface area contributed by atoms with Crippen LogP contribution in [0.3, 0.4) is 0 Å². The smallest absolute Gasteiger partial charge is 0.251 e. The second-order valence-electron chi connectivity index (χ2n) is 6.83. The molecule has 0 saturated heterocycles. The van der Waals surface area contributed by atoms with E-state index in [0.29, 0.717) is 30.5 Å². The molecule has 0 bridgehead atoms. The van der Waals surface area contributed by atoms with Gasteiger partial charge in [0.2, 0.25) is 10.0 Å². The Morgan fingerprint density at radius 1 is 1.20 bits per heavy atom. The summed E-state index contributed by atoms with van der Waals surface area (Å²) < 4.78 is 27.3. The first-order valence-electron chi connectivity index (χ1n) is 8.60. The lowest BCUT2D eigenvalue weighted by molar-refractivity contribution is 0.0928. The van der Waals surface area contributed by atoms with Crippen molar-refractivity contribution in [1.29, 1.82) is 0 Å². The molecule has 1 aromatic rings. The van der Waals surface area contributed by atoms with Gasteiger partial charge in [0.15, 0.2) is 0 Å². The molecular weight excluding hydrogens is 362 g/mol. The number of carbonyl (C=O) groups is 1. The Morgan fingerprint density at radius 2 is 1.96 bits per heavy atom. The van der Waals surface area contributed by atoms with Crippen LogP contribution in [0.2, 0.25) is 0 Å². The number of carbonyl (C=O) groups excluding carboxylic acids is 1. The van der Waals surface area contributed by atoms with E-state index in [1.165, 1.54) is 12.1 Å². The van der Waals surface area contributed by atoms with E-state index >= 15 is 0 Å². The van der Waals surface area contributed by atoms with Crippen LogP contribution in [0.1, 0.15) is 42.5 Å². The Balaban J connectivity index is 0.00000225. The van der Waals surface area contributed by atoms with Crippen LogP contribution in [0.25, 0.3) is 0 Å². The lowest BCUT2D eigenvalue weighted by Crippen LogP contribution is -2.39. The Morgan fingerprint density at radius 3 is 2.64 bits per heavy atom. The lowest BCUT2D eigenvalue weighted by atomic mass is 10.0. The summed E-state index contributed by atoms with van der Waals surface area (Å²) in [5, 5.41) is 3.00. The monoisotopic (exact) mass is 387 g/mol. The number of nitrogens with one attached hydrogen (secondary N) is 2. The maximum Gasteiger partial charge on any atom is 0.251 e. The number of halogens is 1. The van der Waals surface area contributed by atoms with E-state index in [1.54, 1.807) is 12.1 Å². The Hall–Kier alpha value is -1.15. The molecule has 2 atom stereocenters. The largest absolute Gasteiger partial charge is 0.349 e. The van der Waals surface area contributed by atoms with Crippen molar-refractivity contribution in [2.75, 3.05) is 13.1 Å². The van der Waals surface area contributed by atoms with Crippen molar-refractivity contribution in [2.45, 2.75) is 43.0 Å². The van der Waals surface area contributed by atoms with Crippen LogP contribution in [0, 0.1) is 11.8 Å².